The van der Waals surface area contributed by atoms with Gasteiger partial charge >= 0.3 is 0 Å². The summed E-state index contributed by atoms with van der Waals surface area (Å²) >= 11 is 0. The van der Waals surface area contributed by atoms with Gasteiger partial charge in [0.1, 0.15) is 6.33 Å². The standard InChI is InChI=1S/C13H20N8/c1-2-21(10-5-3-4-6-10)13-17-11(19-14)16-12(18-13)20-8-7-15-9-20/h7-10H,2-6,14H2,1H3,(H,16,17,18,19). The van der Waals surface area contributed by atoms with Crippen LogP contribution in [0.5, 0.6) is 0 Å². The van der Waals surface area contributed by atoms with Gasteiger partial charge in [0.25, 0.3) is 0 Å². The summed E-state index contributed by atoms with van der Waals surface area (Å²) in [6.07, 6.45) is 10.0. The second-order valence-electron chi connectivity index (χ2n) is 5.10. The first-order chi connectivity index (χ1) is 10.3. The summed E-state index contributed by atoms with van der Waals surface area (Å²) in [6.45, 7) is 2.98. The van der Waals surface area contributed by atoms with Gasteiger partial charge in [0.2, 0.25) is 17.8 Å². The van der Waals surface area contributed by atoms with Crippen LogP contribution in [-0.4, -0.2) is 37.1 Å². The molecule has 2 aromatic heterocycles. The van der Waals surface area contributed by atoms with Gasteiger partial charge in [-0.1, -0.05) is 12.8 Å². The molecular weight excluding hydrogens is 268 g/mol. The van der Waals surface area contributed by atoms with Crippen molar-refractivity contribution >= 4 is 11.9 Å². The second-order valence-corrected chi connectivity index (χ2v) is 5.10. The van der Waals surface area contributed by atoms with E-state index in [-0.39, 0.29) is 0 Å². The molecule has 2 aromatic rings. The molecule has 0 spiro atoms. The van der Waals surface area contributed by atoms with E-state index in [2.05, 4.69) is 37.2 Å². The lowest BCUT2D eigenvalue weighted by Gasteiger charge is -2.27. The zero-order chi connectivity index (χ0) is 14.7. The minimum atomic E-state index is 0.361. The summed E-state index contributed by atoms with van der Waals surface area (Å²) in [5, 5.41) is 0. The highest BCUT2D eigenvalue weighted by Crippen LogP contribution is 2.26. The number of imidazole rings is 1. The molecule has 1 saturated carbocycles. The summed E-state index contributed by atoms with van der Waals surface area (Å²) < 4.78 is 1.74. The molecule has 1 fully saturated rings. The van der Waals surface area contributed by atoms with E-state index in [1.807, 2.05) is 0 Å². The number of nitrogens with one attached hydrogen (secondary N) is 1. The maximum atomic E-state index is 5.49. The largest absolute Gasteiger partial charge is 0.338 e. The number of hydrogen-bond acceptors (Lipinski definition) is 7. The van der Waals surface area contributed by atoms with Crippen LogP contribution in [0.15, 0.2) is 18.7 Å². The number of hydrazine groups is 1. The lowest BCUT2D eigenvalue weighted by molar-refractivity contribution is 0.602. The van der Waals surface area contributed by atoms with E-state index in [4.69, 9.17) is 5.84 Å². The third-order valence-corrected chi connectivity index (χ3v) is 3.84. The summed E-state index contributed by atoms with van der Waals surface area (Å²) in [4.78, 5) is 19.5. The fourth-order valence-electron chi connectivity index (χ4n) is 2.82. The Balaban J connectivity index is 1.98. The van der Waals surface area contributed by atoms with Crippen LogP contribution < -0.4 is 16.2 Å². The molecule has 0 aliphatic heterocycles. The van der Waals surface area contributed by atoms with Crippen LogP contribution in [0.2, 0.25) is 0 Å². The fourth-order valence-corrected chi connectivity index (χ4v) is 2.82. The highest BCUT2D eigenvalue weighted by atomic mass is 15.4. The Morgan fingerprint density at radius 2 is 2.14 bits per heavy atom. The highest BCUT2D eigenvalue weighted by molar-refractivity contribution is 5.40. The zero-order valence-corrected chi connectivity index (χ0v) is 12.1. The van der Waals surface area contributed by atoms with Crippen molar-refractivity contribution in [3.63, 3.8) is 0 Å². The number of nitrogens with zero attached hydrogens (tertiary/aromatic N) is 6. The average Bonchev–Trinajstić information content (AvgIpc) is 3.21. The van der Waals surface area contributed by atoms with Gasteiger partial charge in [-0.15, -0.1) is 0 Å². The highest BCUT2D eigenvalue weighted by Gasteiger charge is 2.24. The number of nitrogen functional groups attached to an aromatic ring is 1. The van der Waals surface area contributed by atoms with Crippen molar-refractivity contribution in [1.82, 2.24) is 24.5 Å². The molecule has 8 heteroatoms. The third-order valence-electron chi connectivity index (χ3n) is 3.84. The minimum Gasteiger partial charge on any atom is -0.338 e. The van der Waals surface area contributed by atoms with E-state index < -0.39 is 0 Å². The molecule has 3 rings (SSSR count). The average molecular weight is 288 g/mol. The van der Waals surface area contributed by atoms with E-state index in [0.29, 0.717) is 23.9 Å². The Labute approximate surface area is 123 Å². The molecular formula is C13H20N8. The van der Waals surface area contributed by atoms with Crippen LogP contribution >= 0.6 is 0 Å². The molecule has 1 aliphatic carbocycles. The molecule has 0 bridgehead atoms. The van der Waals surface area contributed by atoms with E-state index in [1.165, 1.54) is 25.7 Å². The van der Waals surface area contributed by atoms with Crippen LogP contribution in [0, 0.1) is 0 Å². The van der Waals surface area contributed by atoms with Crippen LogP contribution in [0.3, 0.4) is 0 Å². The molecule has 8 nitrogen and oxygen atoms in total. The van der Waals surface area contributed by atoms with Crippen LogP contribution in [0.4, 0.5) is 11.9 Å². The van der Waals surface area contributed by atoms with Crippen molar-refractivity contribution in [3.05, 3.63) is 18.7 Å². The lowest BCUT2D eigenvalue weighted by atomic mass is 10.2. The van der Waals surface area contributed by atoms with Gasteiger partial charge in [-0.25, -0.2) is 10.8 Å². The van der Waals surface area contributed by atoms with E-state index >= 15 is 0 Å². The number of anilines is 2. The summed E-state index contributed by atoms with van der Waals surface area (Å²) in [5.74, 6) is 7.03. The Morgan fingerprint density at radius 1 is 1.33 bits per heavy atom. The smallest absolute Gasteiger partial charge is 0.243 e. The van der Waals surface area contributed by atoms with Crippen LogP contribution in [-0.2, 0) is 0 Å². The first-order valence-electron chi connectivity index (χ1n) is 7.29. The maximum absolute atomic E-state index is 5.49. The molecule has 0 atom stereocenters. The molecule has 112 valence electrons. The van der Waals surface area contributed by atoms with Crippen molar-refractivity contribution in [3.8, 4) is 5.95 Å². The number of nitrogens with two attached hydrogens (primary N) is 1. The molecule has 1 aliphatic rings. The molecule has 0 unspecified atom stereocenters. The first kappa shape index (κ1) is 13.7. The predicted molar refractivity (Wildman–Crippen MR) is 80.0 cm³/mol. The molecule has 2 heterocycles. The quantitative estimate of drug-likeness (QED) is 0.628. The molecule has 21 heavy (non-hydrogen) atoms. The predicted octanol–water partition coefficient (Wildman–Crippen LogP) is 1.11. The van der Waals surface area contributed by atoms with Gasteiger partial charge in [0.15, 0.2) is 0 Å². The van der Waals surface area contributed by atoms with Crippen molar-refractivity contribution in [2.24, 2.45) is 5.84 Å². The lowest BCUT2D eigenvalue weighted by Crippen LogP contribution is -2.35. The molecule has 0 saturated heterocycles. The fraction of sp³-hybridized carbons (Fsp3) is 0.538. The van der Waals surface area contributed by atoms with Crippen LogP contribution in [0.1, 0.15) is 32.6 Å². The molecule has 0 radical (unpaired) electrons. The topological polar surface area (TPSA) is 97.8 Å². The van der Waals surface area contributed by atoms with Gasteiger partial charge in [-0.2, -0.15) is 15.0 Å². The van der Waals surface area contributed by atoms with E-state index in [0.717, 1.165) is 6.54 Å². The Bertz CT molecular complexity index is 576. The Hall–Kier alpha value is -2.22. The van der Waals surface area contributed by atoms with Crippen molar-refractivity contribution < 1.29 is 0 Å². The van der Waals surface area contributed by atoms with Crippen LogP contribution in [0.25, 0.3) is 5.95 Å². The number of aromatic nitrogens is 5. The normalized spacial score (nSPS) is 15.3. The molecule has 3 N–H and O–H groups in total. The third kappa shape index (κ3) is 2.80. The monoisotopic (exact) mass is 288 g/mol. The van der Waals surface area contributed by atoms with E-state index in [1.54, 1.807) is 23.3 Å². The van der Waals surface area contributed by atoms with Gasteiger partial charge in [0, 0.05) is 25.0 Å². The molecule has 0 amide bonds. The van der Waals surface area contributed by atoms with Crippen molar-refractivity contribution in [2.45, 2.75) is 38.6 Å². The number of hydrogen-bond donors (Lipinski definition) is 2. The van der Waals surface area contributed by atoms with Gasteiger partial charge in [-0.05, 0) is 19.8 Å². The minimum absolute atomic E-state index is 0.361. The summed E-state index contributed by atoms with van der Waals surface area (Å²) in [7, 11) is 0. The summed E-state index contributed by atoms with van der Waals surface area (Å²) in [5.41, 5.74) is 2.52. The Morgan fingerprint density at radius 3 is 2.76 bits per heavy atom. The van der Waals surface area contributed by atoms with Gasteiger partial charge in [0.05, 0.1) is 0 Å². The first-order valence-corrected chi connectivity index (χ1v) is 7.29. The maximum Gasteiger partial charge on any atom is 0.243 e. The number of rotatable bonds is 5. The van der Waals surface area contributed by atoms with Crippen molar-refractivity contribution in [1.29, 1.82) is 0 Å². The summed E-state index contributed by atoms with van der Waals surface area (Å²) in [6, 6.07) is 0.499. The molecule has 0 aromatic carbocycles. The Kier molecular flexibility index (Phi) is 3.96. The SMILES string of the molecule is CCN(c1nc(NN)nc(-n2ccnc2)n1)C1CCCC1. The van der Waals surface area contributed by atoms with Crippen molar-refractivity contribution in [2.75, 3.05) is 16.9 Å². The van der Waals surface area contributed by atoms with E-state index in [9.17, 15) is 0 Å². The zero-order valence-electron chi connectivity index (χ0n) is 12.1. The van der Waals surface area contributed by atoms with Gasteiger partial charge < -0.3 is 4.90 Å². The van der Waals surface area contributed by atoms with Gasteiger partial charge in [-0.3, -0.25) is 9.99 Å². The second kappa shape index (κ2) is 6.04.